The van der Waals surface area contributed by atoms with E-state index in [1.165, 1.54) is 36.4 Å². The van der Waals surface area contributed by atoms with Gasteiger partial charge in [-0.15, -0.1) is 0 Å². The van der Waals surface area contributed by atoms with E-state index < -0.39 is 10.0 Å². The minimum absolute atomic E-state index is 0.0578. The first kappa shape index (κ1) is 15.9. The zero-order valence-electron chi connectivity index (χ0n) is 10.3. The zero-order chi connectivity index (χ0) is 15.6. The lowest BCUT2D eigenvalue weighted by atomic mass is 10.2. The molecule has 0 radical (unpaired) electrons. The maximum absolute atomic E-state index is 12.2. The van der Waals surface area contributed by atoms with Crippen molar-refractivity contribution in [3.05, 3.63) is 57.0 Å². The first-order chi connectivity index (χ1) is 9.83. The van der Waals surface area contributed by atoms with E-state index in [-0.39, 0.29) is 26.2 Å². The lowest BCUT2D eigenvalue weighted by Crippen LogP contribution is -2.13. The fraction of sp³-hybridized carbons (Fsp3) is 0. The number of nitriles is 1. The van der Waals surface area contributed by atoms with Crippen LogP contribution in [0.5, 0.6) is 0 Å². The topological polar surface area (TPSA) is 70.0 Å². The second kappa shape index (κ2) is 6.12. The van der Waals surface area contributed by atoms with Crippen molar-refractivity contribution >= 4 is 50.5 Å². The van der Waals surface area contributed by atoms with Crippen molar-refractivity contribution < 1.29 is 8.42 Å². The van der Waals surface area contributed by atoms with Gasteiger partial charge in [-0.1, -0.05) is 34.8 Å². The number of hydrogen-bond donors (Lipinski definition) is 1. The molecule has 0 heterocycles. The Labute approximate surface area is 136 Å². The molecule has 0 aromatic heterocycles. The van der Waals surface area contributed by atoms with Crippen LogP contribution in [0.25, 0.3) is 0 Å². The summed E-state index contributed by atoms with van der Waals surface area (Å²) in [6.45, 7) is 0. The van der Waals surface area contributed by atoms with Gasteiger partial charge in [0.1, 0.15) is 6.07 Å². The quantitative estimate of drug-likeness (QED) is 0.885. The molecule has 4 nitrogen and oxygen atoms in total. The molecule has 0 aliphatic heterocycles. The molecule has 21 heavy (non-hydrogen) atoms. The van der Waals surface area contributed by atoms with Crippen LogP contribution in [-0.2, 0) is 10.0 Å². The van der Waals surface area contributed by atoms with Crippen LogP contribution in [0, 0.1) is 11.3 Å². The summed E-state index contributed by atoms with van der Waals surface area (Å²) >= 11 is 17.4. The van der Waals surface area contributed by atoms with Gasteiger partial charge in [0, 0.05) is 0 Å². The molecule has 0 saturated heterocycles. The Morgan fingerprint density at radius 1 is 0.952 bits per heavy atom. The molecule has 0 amide bonds. The van der Waals surface area contributed by atoms with Crippen molar-refractivity contribution in [2.75, 3.05) is 4.72 Å². The van der Waals surface area contributed by atoms with Gasteiger partial charge in [0.25, 0.3) is 10.0 Å². The molecular formula is C13H7Cl3N2O2S. The molecule has 108 valence electrons. The second-order valence-corrected chi connectivity index (χ2v) is 6.89. The van der Waals surface area contributed by atoms with Crippen molar-refractivity contribution in [3.63, 3.8) is 0 Å². The van der Waals surface area contributed by atoms with Gasteiger partial charge < -0.3 is 0 Å². The van der Waals surface area contributed by atoms with E-state index in [1.54, 1.807) is 0 Å². The minimum Gasteiger partial charge on any atom is -0.280 e. The van der Waals surface area contributed by atoms with Crippen LogP contribution in [0.1, 0.15) is 5.56 Å². The predicted octanol–water partition coefficient (Wildman–Crippen LogP) is 4.32. The normalized spacial score (nSPS) is 11.0. The summed E-state index contributed by atoms with van der Waals surface area (Å²) in [5.41, 5.74) is 0.468. The summed E-state index contributed by atoms with van der Waals surface area (Å²) in [5, 5.41) is 9.39. The lowest BCUT2D eigenvalue weighted by Gasteiger charge is -2.09. The molecule has 0 unspecified atom stereocenters. The van der Waals surface area contributed by atoms with Gasteiger partial charge in [-0.2, -0.15) is 5.26 Å². The summed E-state index contributed by atoms with van der Waals surface area (Å²) in [5.74, 6) is 0. The van der Waals surface area contributed by atoms with Gasteiger partial charge >= 0.3 is 0 Å². The summed E-state index contributed by atoms with van der Waals surface area (Å²) in [4.78, 5) is -0.0578. The molecule has 0 saturated carbocycles. The molecule has 2 aromatic rings. The van der Waals surface area contributed by atoms with Crippen LogP contribution in [-0.4, -0.2) is 8.42 Å². The molecule has 0 aliphatic carbocycles. The van der Waals surface area contributed by atoms with Crippen LogP contribution in [0.15, 0.2) is 41.3 Å². The third kappa shape index (κ3) is 3.60. The van der Waals surface area contributed by atoms with E-state index in [9.17, 15) is 8.42 Å². The van der Waals surface area contributed by atoms with Gasteiger partial charge in [0.05, 0.1) is 31.2 Å². The summed E-state index contributed by atoms with van der Waals surface area (Å²) in [6, 6.07) is 10.1. The standard InChI is InChI=1S/C13H7Cl3N2O2S/c14-11-4-2-9(5-13(11)16)18-21(19,20)10-3-1-8(7-17)12(15)6-10/h1-6,18H. The van der Waals surface area contributed by atoms with Crippen molar-refractivity contribution in [1.29, 1.82) is 5.26 Å². The number of halogens is 3. The maximum Gasteiger partial charge on any atom is 0.261 e. The molecule has 0 fully saturated rings. The van der Waals surface area contributed by atoms with Gasteiger partial charge in [-0.25, -0.2) is 8.42 Å². The highest BCUT2D eigenvalue weighted by molar-refractivity contribution is 7.92. The van der Waals surface area contributed by atoms with Gasteiger partial charge in [-0.05, 0) is 36.4 Å². The smallest absolute Gasteiger partial charge is 0.261 e. The number of nitrogens with zero attached hydrogens (tertiary/aromatic N) is 1. The molecule has 0 aliphatic rings. The number of benzene rings is 2. The van der Waals surface area contributed by atoms with E-state index in [4.69, 9.17) is 40.1 Å². The number of hydrogen-bond acceptors (Lipinski definition) is 3. The highest BCUT2D eigenvalue weighted by Gasteiger charge is 2.16. The molecule has 2 aromatic carbocycles. The SMILES string of the molecule is N#Cc1ccc(S(=O)(=O)Nc2ccc(Cl)c(Cl)c2)cc1Cl. The fourth-order valence-corrected chi connectivity index (χ4v) is 3.19. The highest BCUT2D eigenvalue weighted by atomic mass is 35.5. The van der Waals surface area contributed by atoms with Gasteiger partial charge in [-0.3, -0.25) is 4.72 Å². The lowest BCUT2D eigenvalue weighted by molar-refractivity contribution is 0.601. The average Bonchev–Trinajstić information content (AvgIpc) is 2.42. The van der Waals surface area contributed by atoms with Crippen molar-refractivity contribution in [2.45, 2.75) is 4.90 Å². The van der Waals surface area contributed by atoms with E-state index in [0.717, 1.165) is 0 Å². The Morgan fingerprint density at radius 2 is 1.67 bits per heavy atom. The van der Waals surface area contributed by atoms with Crippen LogP contribution < -0.4 is 4.72 Å². The van der Waals surface area contributed by atoms with E-state index in [0.29, 0.717) is 5.02 Å². The molecule has 8 heteroatoms. The summed E-state index contributed by atoms with van der Waals surface area (Å²) < 4.78 is 26.8. The maximum atomic E-state index is 12.2. The highest BCUT2D eigenvalue weighted by Crippen LogP contribution is 2.27. The second-order valence-electron chi connectivity index (χ2n) is 3.99. The zero-order valence-corrected chi connectivity index (χ0v) is 13.4. The third-order valence-electron chi connectivity index (χ3n) is 2.54. The van der Waals surface area contributed by atoms with Gasteiger partial charge in [0.15, 0.2) is 0 Å². The Bertz CT molecular complexity index is 845. The fourth-order valence-electron chi connectivity index (χ4n) is 1.53. The molecule has 0 bridgehead atoms. The first-order valence-corrected chi connectivity index (χ1v) is 8.13. The third-order valence-corrected chi connectivity index (χ3v) is 4.97. The molecule has 2 rings (SSSR count). The molecule has 1 N–H and O–H groups in total. The van der Waals surface area contributed by atoms with E-state index in [1.807, 2.05) is 6.07 Å². The number of anilines is 1. The van der Waals surface area contributed by atoms with Crippen LogP contribution >= 0.6 is 34.8 Å². The van der Waals surface area contributed by atoms with Crippen LogP contribution in [0.4, 0.5) is 5.69 Å². The number of sulfonamides is 1. The molecule has 0 atom stereocenters. The molecular weight excluding hydrogens is 355 g/mol. The Morgan fingerprint density at radius 3 is 2.24 bits per heavy atom. The van der Waals surface area contributed by atoms with Crippen LogP contribution in [0.3, 0.4) is 0 Å². The first-order valence-electron chi connectivity index (χ1n) is 5.51. The summed E-state index contributed by atoms with van der Waals surface area (Å²) in [7, 11) is -3.84. The van der Waals surface area contributed by atoms with Crippen molar-refractivity contribution in [2.24, 2.45) is 0 Å². The Balaban J connectivity index is 2.36. The molecule has 0 spiro atoms. The number of rotatable bonds is 3. The van der Waals surface area contributed by atoms with Gasteiger partial charge in [0.2, 0.25) is 0 Å². The summed E-state index contributed by atoms with van der Waals surface area (Å²) in [6.07, 6.45) is 0. The van der Waals surface area contributed by atoms with Crippen molar-refractivity contribution in [3.8, 4) is 6.07 Å². The van der Waals surface area contributed by atoms with E-state index in [2.05, 4.69) is 4.72 Å². The van der Waals surface area contributed by atoms with Crippen molar-refractivity contribution in [1.82, 2.24) is 0 Å². The minimum atomic E-state index is -3.84. The number of nitrogens with one attached hydrogen (secondary N) is 1. The average molecular weight is 362 g/mol. The monoisotopic (exact) mass is 360 g/mol. The Kier molecular flexibility index (Phi) is 4.64. The Hall–Kier alpha value is -1.45. The van der Waals surface area contributed by atoms with Crippen LogP contribution in [0.2, 0.25) is 15.1 Å². The predicted molar refractivity (Wildman–Crippen MR) is 83.4 cm³/mol. The van der Waals surface area contributed by atoms with E-state index >= 15 is 0 Å². The largest absolute Gasteiger partial charge is 0.280 e.